The number of sulfonamides is 1. The molecule has 2 N–H and O–H groups in total. The van der Waals surface area contributed by atoms with Gasteiger partial charge in [-0.25, -0.2) is 17.5 Å². The first-order chi connectivity index (χ1) is 9.09. The van der Waals surface area contributed by atoms with Crippen LogP contribution in [0.15, 0.2) is 29.2 Å². The molecule has 0 spiro atoms. The average molecular weight is 300 g/mol. The van der Waals surface area contributed by atoms with Crippen molar-refractivity contribution in [3.05, 3.63) is 24.3 Å². The minimum absolute atomic E-state index is 0.0361. The third kappa shape index (κ3) is 3.63. The minimum atomic E-state index is -4.02. The molecule has 0 radical (unpaired) electrons. The second kappa shape index (κ2) is 5.70. The predicted octanol–water partition coefficient (Wildman–Crippen LogP) is 2.21. The highest BCUT2D eigenvalue weighted by molar-refractivity contribution is 7.89. The molecule has 0 unspecified atom stereocenters. The third-order valence-corrected chi connectivity index (χ3v) is 4.29. The normalized spacial score (nSPS) is 12.0. The molecule has 7 heteroatoms. The van der Waals surface area contributed by atoms with Gasteiger partial charge in [0.05, 0.1) is 5.69 Å². The largest absolute Gasteiger partial charge is 0.443 e. The number of carbonyl (C=O) groups excluding carboxylic acids is 1. The number of benzene rings is 1. The highest BCUT2D eigenvalue weighted by Crippen LogP contribution is 2.23. The van der Waals surface area contributed by atoms with E-state index in [1.165, 1.54) is 12.1 Å². The van der Waals surface area contributed by atoms with Crippen molar-refractivity contribution in [2.24, 2.45) is 0 Å². The summed E-state index contributed by atoms with van der Waals surface area (Å²) in [7, 11) is -4.02. The summed E-state index contributed by atoms with van der Waals surface area (Å²) in [5, 5.41) is 0. The van der Waals surface area contributed by atoms with Crippen LogP contribution >= 0.6 is 0 Å². The van der Waals surface area contributed by atoms with Crippen molar-refractivity contribution < 1.29 is 17.9 Å². The Morgan fingerprint density at radius 2 is 1.85 bits per heavy atom. The molecule has 1 aromatic rings. The number of nitrogens with two attached hydrogens (primary N) is 1. The van der Waals surface area contributed by atoms with E-state index in [2.05, 4.69) is 0 Å². The molecule has 0 aliphatic rings. The second-order valence-electron chi connectivity index (χ2n) is 5.19. The van der Waals surface area contributed by atoms with Gasteiger partial charge in [0.2, 0.25) is 0 Å². The Morgan fingerprint density at radius 1 is 1.30 bits per heavy atom. The first kappa shape index (κ1) is 16.3. The lowest BCUT2D eigenvalue weighted by molar-refractivity contribution is 0.0397. The van der Waals surface area contributed by atoms with E-state index in [4.69, 9.17) is 10.5 Å². The van der Waals surface area contributed by atoms with Crippen molar-refractivity contribution in [3.63, 3.8) is 0 Å². The van der Waals surface area contributed by atoms with Gasteiger partial charge in [-0.05, 0) is 39.8 Å². The Labute approximate surface area is 119 Å². The second-order valence-corrected chi connectivity index (χ2v) is 7.02. The number of rotatable bonds is 3. The molecule has 6 nitrogen and oxygen atoms in total. The molecule has 1 aromatic carbocycles. The van der Waals surface area contributed by atoms with Crippen LogP contribution in [0, 0.1) is 0 Å². The van der Waals surface area contributed by atoms with Gasteiger partial charge in [-0.15, -0.1) is 0 Å². The van der Waals surface area contributed by atoms with Gasteiger partial charge in [0.25, 0.3) is 10.0 Å². The van der Waals surface area contributed by atoms with E-state index in [0.717, 1.165) is 0 Å². The van der Waals surface area contributed by atoms with Gasteiger partial charge in [0.15, 0.2) is 0 Å². The summed E-state index contributed by atoms with van der Waals surface area (Å²) in [6.07, 6.45) is -0.914. The summed E-state index contributed by atoms with van der Waals surface area (Å²) >= 11 is 0. The Kier molecular flexibility index (Phi) is 4.65. The number of ether oxygens (including phenoxy) is 1. The van der Waals surface area contributed by atoms with Crippen molar-refractivity contribution in [1.29, 1.82) is 0 Å². The highest BCUT2D eigenvalue weighted by Gasteiger charge is 2.32. The topological polar surface area (TPSA) is 89.7 Å². The zero-order valence-corrected chi connectivity index (χ0v) is 12.9. The van der Waals surface area contributed by atoms with Crippen LogP contribution in [-0.4, -0.2) is 31.0 Å². The molecular weight excluding hydrogens is 280 g/mol. The van der Waals surface area contributed by atoms with Crippen molar-refractivity contribution >= 4 is 21.8 Å². The quantitative estimate of drug-likeness (QED) is 0.864. The smallest absolute Gasteiger partial charge is 0.424 e. The van der Waals surface area contributed by atoms with Crippen LogP contribution in [-0.2, 0) is 14.8 Å². The monoisotopic (exact) mass is 300 g/mol. The van der Waals surface area contributed by atoms with E-state index in [9.17, 15) is 13.2 Å². The molecule has 0 saturated heterocycles. The van der Waals surface area contributed by atoms with E-state index in [1.54, 1.807) is 39.8 Å². The summed E-state index contributed by atoms with van der Waals surface area (Å²) in [4.78, 5) is 11.9. The van der Waals surface area contributed by atoms with Crippen LogP contribution in [0.4, 0.5) is 10.5 Å². The molecule has 0 atom stereocenters. The lowest BCUT2D eigenvalue weighted by Crippen LogP contribution is -2.40. The molecule has 0 aromatic heterocycles. The van der Waals surface area contributed by atoms with Gasteiger partial charge >= 0.3 is 6.09 Å². The molecule has 0 aliphatic heterocycles. The van der Waals surface area contributed by atoms with E-state index in [-0.39, 0.29) is 17.1 Å². The molecule has 0 heterocycles. The van der Waals surface area contributed by atoms with Gasteiger partial charge in [0, 0.05) is 6.54 Å². The van der Waals surface area contributed by atoms with Crippen LogP contribution in [0.25, 0.3) is 0 Å². The number of hydrogen-bond donors (Lipinski definition) is 1. The first-order valence-electron chi connectivity index (χ1n) is 6.20. The molecule has 1 rings (SSSR count). The number of anilines is 1. The highest BCUT2D eigenvalue weighted by atomic mass is 32.2. The Bertz CT molecular complexity index is 591. The molecule has 0 fully saturated rings. The molecule has 1 amide bonds. The van der Waals surface area contributed by atoms with Crippen LogP contribution in [0.2, 0.25) is 0 Å². The zero-order chi connectivity index (χ0) is 15.6. The first-order valence-corrected chi connectivity index (χ1v) is 7.64. The number of para-hydroxylation sites is 1. The summed E-state index contributed by atoms with van der Waals surface area (Å²) in [5.41, 5.74) is 4.99. The number of hydrogen-bond acceptors (Lipinski definition) is 5. The van der Waals surface area contributed by atoms with E-state index >= 15 is 0 Å². The van der Waals surface area contributed by atoms with Crippen LogP contribution in [0.3, 0.4) is 0 Å². The molecule has 0 bridgehead atoms. The van der Waals surface area contributed by atoms with Crippen molar-refractivity contribution in [2.75, 3.05) is 12.3 Å². The molecule has 0 aliphatic carbocycles. The summed E-state index contributed by atoms with van der Waals surface area (Å²) in [5.74, 6) is 0. The number of amides is 1. The van der Waals surface area contributed by atoms with E-state index < -0.39 is 21.7 Å². The SMILES string of the molecule is CCN(C(=O)OC(C)(C)C)S(=O)(=O)c1ccccc1N. The van der Waals surface area contributed by atoms with Crippen molar-refractivity contribution in [2.45, 2.75) is 38.2 Å². The maximum atomic E-state index is 12.5. The fourth-order valence-corrected chi connectivity index (χ4v) is 2.97. The summed E-state index contributed by atoms with van der Waals surface area (Å²) < 4.78 is 30.7. The fourth-order valence-electron chi connectivity index (χ4n) is 1.54. The lowest BCUT2D eigenvalue weighted by atomic mass is 10.2. The number of nitrogen functional groups attached to an aromatic ring is 1. The van der Waals surface area contributed by atoms with Crippen LogP contribution in [0.1, 0.15) is 27.7 Å². The van der Waals surface area contributed by atoms with Gasteiger partial charge < -0.3 is 10.5 Å². The van der Waals surface area contributed by atoms with Gasteiger partial charge in [-0.3, -0.25) is 0 Å². The number of nitrogens with zero attached hydrogens (tertiary/aromatic N) is 1. The molecule has 20 heavy (non-hydrogen) atoms. The predicted molar refractivity (Wildman–Crippen MR) is 76.7 cm³/mol. The van der Waals surface area contributed by atoms with E-state index in [1.807, 2.05) is 0 Å². The Morgan fingerprint density at radius 3 is 2.30 bits per heavy atom. The standard InChI is InChI=1S/C13H20N2O4S/c1-5-15(12(16)19-13(2,3)4)20(17,18)11-9-7-6-8-10(11)14/h6-9H,5,14H2,1-4H3. The molecule has 0 saturated carbocycles. The van der Waals surface area contributed by atoms with Gasteiger partial charge in [-0.2, -0.15) is 0 Å². The number of carbonyl (C=O) groups is 1. The molecular formula is C13H20N2O4S. The minimum Gasteiger partial charge on any atom is -0.443 e. The Hall–Kier alpha value is -1.76. The maximum absolute atomic E-state index is 12.5. The Balaban J connectivity index is 3.18. The fraction of sp³-hybridized carbons (Fsp3) is 0.462. The zero-order valence-electron chi connectivity index (χ0n) is 12.1. The van der Waals surface area contributed by atoms with Gasteiger partial charge in [0.1, 0.15) is 10.5 Å². The van der Waals surface area contributed by atoms with E-state index in [0.29, 0.717) is 4.31 Å². The third-order valence-electron chi connectivity index (χ3n) is 2.37. The van der Waals surface area contributed by atoms with Crippen molar-refractivity contribution in [1.82, 2.24) is 4.31 Å². The lowest BCUT2D eigenvalue weighted by Gasteiger charge is -2.26. The van der Waals surface area contributed by atoms with Crippen molar-refractivity contribution in [3.8, 4) is 0 Å². The maximum Gasteiger partial charge on any atom is 0.424 e. The summed E-state index contributed by atoms with van der Waals surface area (Å²) in [6, 6.07) is 6.00. The van der Waals surface area contributed by atoms with Crippen LogP contribution in [0.5, 0.6) is 0 Å². The summed E-state index contributed by atoms with van der Waals surface area (Å²) in [6.45, 7) is 6.53. The van der Waals surface area contributed by atoms with Crippen LogP contribution < -0.4 is 5.73 Å². The average Bonchev–Trinajstić information content (AvgIpc) is 2.27. The van der Waals surface area contributed by atoms with Gasteiger partial charge in [-0.1, -0.05) is 12.1 Å². The molecule has 112 valence electrons.